The number of anilines is 1. The fourth-order valence-electron chi connectivity index (χ4n) is 4.28. The molecule has 1 N–H and O–H groups in total. The highest BCUT2D eigenvalue weighted by Crippen LogP contribution is 2.24. The predicted molar refractivity (Wildman–Crippen MR) is 114 cm³/mol. The summed E-state index contributed by atoms with van der Waals surface area (Å²) in [5, 5.41) is 10.8. The third-order valence-corrected chi connectivity index (χ3v) is 6.58. The van der Waals surface area contributed by atoms with E-state index >= 15 is 0 Å². The minimum atomic E-state index is -0.261. The van der Waals surface area contributed by atoms with Gasteiger partial charge in [0.2, 0.25) is 16.9 Å². The maximum atomic E-state index is 12.7. The van der Waals surface area contributed by atoms with Crippen molar-refractivity contribution in [3.8, 4) is 0 Å². The Morgan fingerprint density at radius 3 is 2.73 bits per heavy atom. The molecule has 158 valence electrons. The molecular formula is C22H26N4O3S. The molecule has 4 rings (SSSR count). The first-order chi connectivity index (χ1) is 14.6. The second kappa shape index (κ2) is 9.47. The van der Waals surface area contributed by atoms with E-state index in [0.29, 0.717) is 23.8 Å². The van der Waals surface area contributed by atoms with Crippen molar-refractivity contribution in [3.05, 3.63) is 40.4 Å². The second-order valence-electron chi connectivity index (χ2n) is 8.03. The molecule has 1 aliphatic carbocycles. The molecule has 0 radical (unpaired) electrons. The Bertz CT molecular complexity index is 928. The Hall–Kier alpha value is -2.61. The lowest BCUT2D eigenvalue weighted by Gasteiger charge is -2.32. The average molecular weight is 427 g/mol. The summed E-state index contributed by atoms with van der Waals surface area (Å²) in [6.45, 7) is 1.02. The SMILES string of the molecule is O=C(CCC(=O)N1CCCC(C(=O)Nc2nncs2)C1)c1ccc2c(c1)CCCC2. The zero-order valence-electron chi connectivity index (χ0n) is 16.9. The normalized spacial score (nSPS) is 18.5. The number of Topliss-reactive ketones (excluding diaryl/α,β-unsaturated/α-hetero) is 1. The third-order valence-electron chi connectivity index (χ3n) is 5.97. The fourth-order valence-corrected chi connectivity index (χ4v) is 4.73. The number of carbonyl (C=O) groups excluding carboxylic acids is 3. The molecule has 2 aromatic rings. The van der Waals surface area contributed by atoms with Crippen LogP contribution in [-0.2, 0) is 22.4 Å². The van der Waals surface area contributed by atoms with Crippen molar-refractivity contribution >= 4 is 34.1 Å². The Morgan fingerprint density at radius 1 is 1.10 bits per heavy atom. The number of hydrogen-bond acceptors (Lipinski definition) is 6. The highest BCUT2D eigenvalue weighted by atomic mass is 32.1. The number of nitrogens with one attached hydrogen (secondary N) is 1. The van der Waals surface area contributed by atoms with Crippen LogP contribution in [0.2, 0.25) is 0 Å². The highest BCUT2D eigenvalue weighted by molar-refractivity contribution is 7.13. The summed E-state index contributed by atoms with van der Waals surface area (Å²) in [4.78, 5) is 39.4. The van der Waals surface area contributed by atoms with E-state index in [1.54, 1.807) is 10.4 Å². The van der Waals surface area contributed by atoms with Gasteiger partial charge < -0.3 is 10.2 Å². The van der Waals surface area contributed by atoms with E-state index in [1.807, 2.05) is 12.1 Å². The fraction of sp³-hybridized carbons (Fsp3) is 0.500. The molecule has 2 heterocycles. The molecule has 1 aliphatic heterocycles. The number of aromatic nitrogens is 2. The van der Waals surface area contributed by atoms with Crippen LogP contribution < -0.4 is 5.32 Å². The Labute approximate surface area is 179 Å². The van der Waals surface area contributed by atoms with Crippen molar-refractivity contribution in [1.29, 1.82) is 0 Å². The number of carbonyl (C=O) groups is 3. The minimum Gasteiger partial charge on any atom is -0.342 e. The first kappa shape index (κ1) is 20.7. The smallest absolute Gasteiger partial charge is 0.231 e. The molecule has 1 aromatic carbocycles. The van der Waals surface area contributed by atoms with E-state index in [1.165, 1.54) is 35.3 Å². The summed E-state index contributed by atoms with van der Waals surface area (Å²) in [7, 11) is 0. The first-order valence-electron chi connectivity index (χ1n) is 10.6. The lowest BCUT2D eigenvalue weighted by molar-refractivity contribution is -0.134. The van der Waals surface area contributed by atoms with Gasteiger partial charge in [-0.25, -0.2) is 0 Å². The van der Waals surface area contributed by atoms with Crippen molar-refractivity contribution in [2.24, 2.45) is 5.92 Å². The summed E-state index contributed by atoms with van der Waals surface area (Å²) in [5.41, 5.74) is 4.89. The van der Waals surface area contributed by atoms with Gasteiger partial charge >= 0.3 is 0 Å². The van der Waals surface area contributed by atoms with Gasteiger partial charge in [-0.15, -0.1) is 10.2 Å². The number of aryl methyl sites for hydroxylation is 2. The number of benzene rings is 1. The Balaban J connectivity index is 1.29. The van der Waals surface area contributed by atoms with E-state index in [-0.39, 0.29) is 36.4 Å². The molecule has 2 aliphatic rings. The number of hydrogen-bond donors (Lipinski definition) is 1. The molecular weight excluding hydrogens is 400 g/mol. The summed E-state index contributed by atoms with van der Waals surface area (Å²) >= 11 is 1.27. The molecule has 30 heavy (non-hydrogen) atoms. The van der Waals surface area contributed by atoms with Crippen LogP contribution in [0, 0.1) is 5.92 Å². The van der Waals surface area contributed by atoms with Gasteiger partial charge in [0.05, 0.1) is 5.92 Å². The van der Waals surface area contributed by atoms with Crippen LogP contribution in [-0.4, -0.2) is 45.8 Å². The number of fused-ring (bicyclic) bond motifs is 1. The molecule has 7 nitrogen and oxygen atoms in total. The quantitative estimate of drug-likeness (QED) is 0.716. The minimum absolute atomic E-state index is 0.0132. The molecule has 0 spiro atoms. The van der Waals surface area contributed by atoms with Crippen molar-refractivity contribution in [1.82, 2.24) is 15.1 Å². The predicted octanol–water partition coefficient (Wildman–Crippen LogP) is 3.26. The van der Waals surface area contributed by atoms with Crippen LogP contribution in [0.25, 0.3) is 0 Å². The third kappa shape index (κ3) is 4.92. The molecule has 0 saturated carbocycles. The van der Waals surface area contributed by atoms with Gasteiger partial charge in [-0.2, -0.15) is 0 Å². The number of nitrogens with zero attached hydrogens (tertiary/aromatic N) is 3. The number of piperidine rings is 1. The Kier molecular flexibility index (Phi) is 6.52. The first-order valence-corrected chi connectivity index (χ1v) is 11.5. The highest BCUT2D eigenvalue weighted by Gasteiger charge is 2.29. The van der Waals surface area contributed by atoms with E-state index < -0.39 is 0 Å². The molecule has 1 unspecified atom stereocenters. The van der Waals surface area contributed by atoms with Gasteiger partial charge in [-0.1, -0.05) is 23.5 Å². The van der Waals surface area contributed by atoms with Crippen LogP contribution in [0.15, 0.2) is 23.7 Å². The number of amides is 2. The molecule has 1 fully saturated rings. The largest absolute Gasteiger partial charge is 0.342 e. The van der Waals surface area contributed by atoms with Gasteiger partial charge in [0, 0.05) is 31.5 Å². The van der Waals surface area contributed by atoms with Gasteiger partial charge in [-0.05, 0) is 55.7 Å². The number of rotatable bonds is 6. The second-order valence-corrected chi connectivity index (χ2v) is 8.86. The van der Waals surface area contributed by atoms with Crippen molar-refractivity contribution in [3.63, 3.8) is 0 Å². The van der Waals surface area contributed by atoms with Crippen molar-refractivity contribution < 1.29 is 14.4 Å². The van der Waals surface area contributed by atoms with Gasteiger partial charge in [0.15, 0.2) is 5.78 Å². The molecule has 1 aromatic heterocycles. The number of likely N-dealkylation sites (tertiary alicyclic amines) is 1. The summed E-state index contributed by atoms with van der Waals surface area (Å²) in [6, 6.07) is 5.97. The molecule has 1 saturated heterocycles. The van der Waals surface area contributed by atoms with Gasteiger partial charge in [0.1, 0.15) is 5.51 Å². The zero-order chi connectivity index (χ0) is 20.9. The van der Waals surface area contributed by atoms with Crippen molar-refractivity contribution in [2.45, 2.75) is 51.4 Å². The van der Waals surface area contributed by atoms with Gasteiger partial charge in [-0.3, -0.25) is 14.4 Å². The summed E-state index contributed by atoms with van der Waals surface area (Å²) in [5.74, 6) is -0.439. The standard InChI is InChI=1S/C22H26N4O3S/c27-19(17-8-7-15-4-1-2-5-16(15)12-17)9-10-20(28)26-11-3-6-18(13-26)21(29)24-22-25-23-14-30-22/h7-8,12,14,18H,1-6,9-11,13H2,(H,24,25,29). The number of ketones is 1. The van der Waals surface area contributed by atoms with E-state index in [9.17, 15) is 14.4 Å². The lowest BCUT2D eigenvalue weighted by atomic mass is 9.89. The average Bonchev–Trinajstić information content (AvgIpc) is 3.30. The van der Waals surface area contributed by atoms with Crippen LogP contribution in [0.5, 0.6) is 0 Å². The summed E-state index contributed by atoms with van der Waals surface area (Å²) < 4.78 is 0. The van der Waals surface area contributed by atoms with E-state index in [0.717, 1.165) is 25.7 Å². The molecule has 2 amide bonds. The van der Waals surface area contributed by atoms with Crippen molar-refractivity contribution in [2.75, 3.05) is 18.4 Å². The van der Waals surface area contributed by atoms with E-state index in [2.05, 4.69) is 21.6 Å². The lowest BCUT2D eigenvalue weighted by Crippen LogP contribution is -2.43. The topological polar surface area (TPSA) is 92.3 Å². The molecule has 1 atom stereocenters. The zero-order valence-corrected chi connectivity index (χ0v) is 17.7. The Morgan fingerprint density at radius 2 is 1.93 bits per heavy atom. The molecule has 8 heteroatoms. The van der Waals surface area contributed by atoms with Gasteiger partial charge in [0.25, 0.3) is 0 Å². The monoisotopic (exact) mass is 426 g/mol. The van der Waals surface area contributed by atoms with Crippen LogP contribution in [0.4, 0.5) is 5.13 Å². The summed E-state index contributed by atoms with van der Waals surface area (Å²) in [6.07, 6.45) is 6.41. The van der Waals surface area contributed by atoms with Crippen LogP contribution >= 0.6 is 11.3 Å². The maximum Gasteiger partial charge on any atom is 0.231 e. The maximum absolute atomic E-state index is 12.7. The van der Waals surface area contributed by atoms with Crippen LogP contribution in [0.3, 0.4) is 0 Å². The van der Waals surface area contributed by atoms with E-state index in [4.69, 9.17) is 0 Å². The van der Waals surface area contributed by atoms with Crippen LogP contribution in [0.1, 0.15) is 60.0 Å². The molecule has 0 bridgehead atoms.